The second-order valence-electron chi connectivity index (χ2n) is 4.87. The van der Waals surface area contributed by atoms with Crippen LogP contribution in [0.2, 0.25) is 10.0 Å². The minimum Gasteiger partial charge on any atom is -0.497 e. The molecule has 110 valence electrons. The third-order valence-corrected chi connectivity index (χ3v) is 4.26. The first-order valence-corrected chi connectivity index (χ1v) is 7.45. The first-order valence-electron chi connectivity index (χ1n) is 6.69. The van der Waals surface area contributed by atoms with Crippen molar-refractivity contribution in [3.8, 4) is 11.5 Å². The lowest BCUT2D eigenvalue weighted by Crippen LogP contribution is -2.20. The van der Waals surface area contributed by atoms with Crippen LogP contribution < -0.4 is 14.8 Å². The normalized spacial score (nSPS) is 16.8. The molecule has 1 N–H and O–H groups in total. The number of fused-ring (bicyclic) bond motifs is 1. The predicted octanol–water partition coefficient (Wildman–Crippen LogP) is 4.94. The standard InChI is InChI=1S/C16H15Cl2NO2/c1-20-11-3-5-16-12(9-11)15(6-7-21-16)19-10-2-4-13(17)14(18)8-10/h2-5,8-9,15,19H,6-7H2,1H3. The smallest absolute Gasteiger partial charge is 0.124 e. The summed E-state index contributed by atoms with van der Waals surface area (Å²) < 4.78 is 11.0. The Morgan fingerprint density at radius 2 is 2.00 bits per heavy atom. The Morgan fingerprint density at radius 3 is 2.76 bits per heavy atom. The molecule has 0 amide bonds. The van der Waals surface area contributed by atoms with Gasteiger partial charge in [-0.05, 0) is 36.4 Å². The SMILES string of the molecule is COc1ccc2c(c1)C(Nc1ccc(Cl)c(Cl)c1)CCO2. The van der Waals surface area contributed by atoms with E-state index in [0.717, 1.165) is 29.2 Å². The fourth-order valence-electron chi connectivity index (χ4n) is 2.44. The Kier molecular flexibility index (Phi) is 4.13. The van der Waals surface area contributed by atoms with Gasteiger partial charge < -0.3 is 14.8 Å². The molecule has 0 fully saturated rings. The van der Waals surface area contributed by atoms with E-state index in [4.69, 9.17) is 32.7 Å². The van der Waals surface area contributed by atoms with Gasteiger partial charge in [0.1, 0.15) is 11.5 Å². The fourth-order valence-corrected chi connectivity index (χ4v) is 2.73. The van der Waals surface area contributed by atoms with Gasteiger partial charge in [-0.1, -0.05) is 23.2 Å². The van der Waals surface area contributed by atoms with Crippen molar-refractivity contribution in [3.05, 3.63) is 52.0 Å². The Hall–Kier alpha value is -1.58. The molecular weight excluding hydrogens is 309 g/mol. The molecule has 0 saturated heterocycles. The molecule has 21 heavy (non-hydrogen) atoms. The van der Waals surface area contributed by atoms with E-state index in [0.29, 0.717) is 16.7 Å². The summed E-state index contributed by atoms with van der Waals surface area (Å²) in [5.41, 5.74) is 2.02. The summed E-state index contributed by atoms with van der Waals surface area (Å²) in [4.78, 5) is 0. The van der Waals surface area contributed by atoms with Crippen LogP contribution in [-0.2, 0) is 0 Å². The summed E-state index contributed by atoms with van der Waals surface area (Å²) in [5.74, 6) is 1.71. The van der Waals surface area contributed by atoms with Crippen LogP contribution in [-0.4, -0.2) is 13.7 Å². The van der Waals surface area contributed by atoms with Crippen molar-refractivity contribution >= 4 is 28.9 Å². The minimum absolute atomic E-state index is 0.154. The highest BCUT2D eigenvalue weighted by molar-refractivity contribution is 6.42. The van der Waals surface area contributed by atoms with E-state index < -0.39 is 0 Å². The molecule has 0 aliphatic carbocycles. The highest BCUT2D eigenvalue weighted by atomic mass is 35.5. The van der Waals surface area contributed by atoms with Crippen LogP contribution in [0.5, 0.6) is 11.5 Å². The molecule has 0 aromatic heterocycles. The molecule has 2 aromatic carbocycles. The summed E-state index contributed by atoms with van der Waals surface area (Å²) in [6.07, 6.45) is 0.875. The lowest BCUT2D eigenvalue weighted by atomic mass is 10.00. The molecule has 1 aliphatic heterocycles. The molecule has 3 rings (SSSR count). The maximum atomic E-state index is 6.06. The Balaban J connectivity index is 1.88. The van der Waals surface area contributed by atoms with E-state index in [1.807, 2.05) is 30.3 Å². The quantitative estimate of drug-likeness (QED) is 0.868. The van der Waals surface area contributed by atoms with Gasteiger partial charge >= 0.3 is 0 Å². The lowest BCUT2D eigenvalue weighted by Gasteiger charge is -2.28. The number of hydrogen-bond acceptors (Lipinski definition) is 3. The molecule has 1 aliphatic rings. The number of rotatable bonds is 3. The molecular formula is C16H15Cl2NO2. The average molecular weight is 324 g/mol. The van der Waals surface area contributed by atoms with Crippen LogP contribution >= 0.6 is 23.2 Å². The van der Waals surface area contributed by atoms with Gasteiger partial charge in [-0.25, -0.2) is 0 Å². The molecule has 1 heterocycles. The van der Waals surface area contributed by atoms with Crippen molar-refractivity contribution in [3.63, 3.8) is 0 Å². The number of anilines is 1. The first kappa shape index (κ1) is 14.4. The summed E-state index contributed by atoms with van der Waals surface area (Å²) >= 11 is 12.0. The van der Waals surface area contributed by atoms with Crippen LogP contribution in [0.25, 0.3) is 0 Å². The van der Waals surface area contributed by atoms with E-state index in [2.05, 4.69) is 5.32 Å². The van der Waals surface area contributed by atoms with Gasteiger partial charge in [0.05, 0.1) is 29.8 Å². The van der Waals surface area contributed by atoms with Crippen molar-refractivity contribution in [1.82, 2.24) is 0 Å². The molecule has 0 saturated carbocycles. The van der Waals surface area contributed by atoms with E-state index in [1.165, 1.54) is 0 Å². The third-order valence-electron chi connectivity index (χ3n) is 3.52. The van der Waals surface area contributed by atoms with Gasteiger partial charge in [0, 0.05) is 17.7 Å². The molecule has 0 spiro atoms. The fraction of sp³-hybridized carbons (Fsp3) is 0.250. The lowest BCUT2D eigenvalue weighted by molar-refractivity contribution is 0.273. The summed E-state index contributed by atoms with van der Waals surface area (Å²) in [6.45, 7) is 0.679. The zero-order valence-corrected chi connectivity index (χ0v) is 13.0. The Bertz CT molecular complexity index is 661. The van der Waals surface area contributed by atoms with Crippen molar-refractivity contribution < 1.29 is 9.47 Å². The van der Waals surface area contributed by atoms with Crippen LogP contribution in [0.1, 0.15) is 18.0 Å². The van der Waals surface area contributed by atoms with Gasteiger partial charge in [-0.2, -0.15) is 0 Å². The Labute approximate surface area is 133 Å². The van der Waals surface area contributed by atoms with E-state index in [-0.39, 0.29) is 6.04 Å². The number of methoxy groups -OCH3 is 1. The second-order valence-corrected chi connectivity index (χ2v) is 5.68. The summed E-state index contributed by atoms with van der Waals surface area (Å²) in [6, 6.07) is 11.5. The maximum absolute atomic E-state index is 6.06. The molecule has 5 heteroatoms. The number of benzene rings is 2. The number of ether oxygens (including phenoxy) is 2. The zero-order chi connectivity index (χ0) is 14.8. The Morgan fingerprint density at radius 1 is 1.14 bits per heavy atom. The molecule has 1 atom stereocenters. The number of hydrogen-bond donors (Lipinski definition) is 1. The van der Waals surface area contributed by atoms with Crippen molar-refractivity contribution in [1.29, 1.82) is 0 Å². The number of nitrogens with one attached hydrogen (secondary N) is 1. The van der Waals surface area contributed by atoms with Crippen LogP contribution in [0, 0.1) is 0 Å². The topological polar surface area (TPSA) is 30.5 Å². The molecule has 0 radical (unpaired) electrons. The van der Waals surface area contributed by atoms with Gasteiger partial charge in [0.15, 0.2) is 0 Å². The highest BCUT2D eigenvalue weighted by Crippen LogP contribution is 2.37. The van der Waals surface area contributed by atoms with Gasteiger partial charge in [-0.3, -0.25) is 0 Å². The van der Waals surface area contributed by atoms with Crippen LogP contribution in [0.4, 0.5) is 5.69 Å². The molecule has 2 aromatic rings. The second kappa shape index (κ2) is 6.04. The third kappa shape index (κ3) is 3.04. The monoisotopic (exact) mass is 323 g/mol. The summed E-state index contributed by atoms with van der Waals surface area (Å²) in [5, 5.41) is 4.57. The predicted molar refractivity (Wildman–Crippen MR) is 85.9 cm³/mol. The van der Waals surface area contributed by atoms with E-state index >= 15 is 0 Å². The molecule has 3 nitrogen and oxygen atoms in total. The summed E-state index contributed by atoms with van der Waals surface area (Å²) in [7, 11) is 1.66. The van der Waals surface area contributed by atoms with E-state index in [9.17, 15) is 0 Å². The van der Waals surface area contributed by atoms with Gasteiger partial charge in [0.25, 0.3) is 0 Å². The van der Waals surface area contributed by atoms with Crippen LogP contribution in [0.15, 0.2) is 36.4 Å². The van der Waals surface area contributed by atoms with Crippen molar-refractivity contribution in [2.75, 3.05) is 19.0 Å². The minimum atomic E-state index is 0.154. The van der Waals surface area contributed by atoms with Gasteiger partial charge in [0.2, 0.25) is 0 Å². The van der Waals surface area contributed by atoms with Crippen molar-refractivity contribution in [2.24, 2.45) is 0 Å². The number of halogens is 2. The van der Waals surface area contributed by atoms with Crippen molar-refractivity contribution in [2.45, 2.75) is 12.5 Å². The molecule has 1 unspecified atom stereocenters. The average Bonchev–Trinajstić information content (AvgIpc) is 2.51. The highest BCUT2D eigenvalue weighted by Gasteiger charge is 2.22. The first-order chi connectivity index (χ1) is 10.2. The largest absolute Gasteiger partial charge is 0.497 e. The van der Waals surface area contributed by atoms with Crippen LogP contribution in [0.3, 0.4) is 0 Å². The zero-order valence-electron chi connectivity index (χ0n) is 11.5. The maximum Gasteiger partial charge on any atom is 0.124 e. The van der Waals surface area contributed by atoms with Gasteiger partial charge in [-0.15, -0.1) is 0 Å². The molecule has 0 bridgehead atoms. The van der Waals surface area contributed by atoms with E-state index in [1.54, 1.807) is 13.2 Å².